The Labute approximate surface area is 174 Å². The summed E-state index contributed by atoms with van der Waals surface area (Å²) < 4.78 is 17.7. The lowest BCUT2D eigenvalue weighted by Gasteiger charge is -2.19. The number of rotatable bonds is 9. The lowest BCUT2D eigenvalue weighted by Crippen LogP contribution is -2.28. The van der Waals surface area contributed by atoms with E-state index < -0.39 is 0 Å². The molecule has 0 radical (unpaired) electrons. The molecule has 2 aromatic heterocycles. The second-order valence-corrected chi connectivity index (χ2v) is 6.94. The maximum Gasteiger partial charge on any atom is 0.221 e. The van der Waals surface area contributed by atoms with Gasteiger partial charge in [-0.1, -0.05) is 11.6 Å². The highest BCUT2D eigenvalue weighted by atomic mass is 35.5. The van der Waals surface area contributed by atoms with Gasteiger partial charge in [0.05, 0.1) is 31.5 Å². The molecule has 0 aliphatic carbocycles. The summed E-state index contributed by atoms with van der Waals surface area (Å²) in [5, 5.41) is 3.47. The van der Waals surface area contributed by atoms with Crippen molar-refractivity contribution in [3.05, 3.63) is 59.0 Å². The van der Waals surface area contributed by atoms with Gasteiger partial charge in [-0.25, -0.2) is 4.98 Å². The lowest BCUT2D eigenvalue weighted by molar-refractivity contribution is -0.121. The summed E-state index contributed by atoms with van der Waals surface area (Å²) in [6.07, 6.45) is 3.79. The van der Waals surface area contributed by atoms with E-state index in [1.165, 1.54) is 0 Å². The first-order valence-corrected chi connectivity index (χ1v) is 9.54. The molecule has 0 bridgehead atoms. The molecule has 0 fully saturated rings. The van der Waals surface area contributed by atoms with Gasteiger partial charge in [-0.05, 0) is 29.8 Å². The average molecular weight is 418 g/mol. The first kappa shape index (κ1) is 21.0. The number of fused-ring (bicyclic) bond motifs is 1. The van der Waals surface area contributed by atoms with E-state index >= 15 is 0 Å². The molecular formula is C21H24ClN3O4. The molecule has 1 aromatic carbocycles. The Bertz CT molecular complexity index is 967. The van der Waals surface area contributed by atoms with Crippen LogP contribution in [0.4, 0.5) is 0 Å². The molecule has 7 nitrogen and oxygen atoms in total. The van der Waals surface area contributed by atoms with Crippen molar-refractivity contribution in [2.24, 2.45) is 0 Å². The molecule has 1 atom stereocenters. The van der Waals surface area contributed by atoms with Gasteiger partial charge in [-0.2, -0.15) is 0 Å². The number of pyridine rings is 1. The fourth-order valence-corrected chi connectivity index (χ4v) is 3.37. The fourth-order valence-electron chi connectivity index (χ4n) is 3.21. The second kappa shape index (κ2) is 9.62. The topological polar surface area (TPSA) is 74.1 Å². The van der Waals surface area contributed by atoms with Crippen molar-refractivity contribution in [2.75, 3.05) is 34.5 Å². The number of carbonyl (C=O) groups is 1. The summed E-state index contributed by atoms with van der Waals surface area (Å²) >= 11 is 6.20. The van der Waals surface area contributed by atoms with Gasteiger partial charge in [0.15, 0.2) is 0 Å². The van der Waals surface area contributed by atoms with Gasteiger partial charge in [-0.15, -0.1) is 0 Å². The smallest absolute Gasteiger partial charge is 0.221 e. The summed E-state index contributed by atoms with van der Waals surface area (Å²) in [7, 11) is 4.79. The van der Waals surface area contributed by atoms with Crippen LogP contribution in [-0.2, 0) is 9.53 Å². The zero-order chi connectivity index (χ0) is 20.8. The number of ether oxygens (including phenoxy) is 3. The van der Waals surface area contributed by atoms with Gasteiger partial charge in [0.1, 0.15) is 17.1 Å². The molecule has 0 saturated carbocycles. The highest BCUT2D eigenvalue weighted by Crippen LogP contribution is 2.34. The van der Waals surface area contributed by atoms with Crippen molar-refractivity contribution in [1.82, 2.24) is 14.7 Å². The SMILES string of the molecule is COCCNC(=O)CC(c1cc(OC)cc(OC)c1)c1cnc2ccc(Cl)cn12. The Morgan fingerprint density at radius 3 is 2.55 bits per heavy atom. The van der Waals surface area contributed by atoms with Crippen LogP contribution >= 0.6 is 11.6 Å². The van der Waals surface area contributed by atoms with Gasteiger partial charge in [0, 0.05) is 44.5 Å². The van der Waals surface area contributed by atoms with Gasteiger partial charge in [0.25, 0.3) is 0 Å². The van der Waals surface area contributed by atoms with Crippen LogP contribution in [0.2, 0.25) is 5.02 Å². The number of benzene rings is 1. The summed E-state index contributed by atoms with van der Waals surface area (Å²) in [5.41, 5.74) is 2.48. The van der Waals surface area contributed by atoms with Crippen LogP contribution in [0.5, 0.6) is 11.5 Å². The van der Waals surface area contributed by atoms with E-state index in [0.717, 1.165) is 16.9 Å². The molecule has 3 rings (SSSR count). The van der Waals surface area contributed by atoms with E-state index in [4.69, 9.17) is 25.8 Å². The van der Waals surface area contributed by atoms with Crippen LogP contribution in [0.3, 0.4) is 0 Å². The molecule has 8 heteroatoms. The molecule has 154 valence electrons. The highest BCUT2D eigenvalue weighted by molar-refractivity contribution is 6.30. The van der Waals surface area contributed by atoms with Gasteiger partial charge < -0.3 is 23.9 Å². The van der Waals surface area contributed by atoms with E-state index in [-0.39, 0.29) is 18.2 Å². The quantitative estimate of drug-likeness (QED) is 0.541. The predicted octanol–water partition coefficient (Wildman–Crippen LogP) is 3.29. The Morgan fingerprint density at radius 2 is 1.90 bits per heavy atom. The highest BCUT2D eigenvalue weighted by Gasteiger charge is 2.23. The van der Waals surface area contributed by atoms with E-state index in [2.05, 4.69) is 10.3 Å². The second-order valence-electron chi connectivity index (χ2n) is 6.50. The third kappa shape index (κ3) is 4.99. The Morgan fingerprint density at radius 1 is 1.17 bits per heavy atom. The van der Waals surface area contributed by atoms with Gasteiger partial charge in [0.2, 0.25) is 5.91 Å². The Balaban J connectivity index is 2.04. The van der Waals surface area contributed by atoms with E-state index in [1.54, 1.807) is 45.9 Å². The van der Waals surface area contributed by atoms with Crippen LogP contribution in [-0.4, -0.2) is 49.8 Å². The average Bonchev–Trinajstić information content (AvgIpc) is 3.14. The summed E-state index contributed by atoms with van der Waals surface area (Å²) in [6.45, 7) is 0.900. The standard InChI is InChI=1S/C21H24ClN3O4/c1-27-7-6-23-21(26)11-18(14-8-16(28-2)10-17(9-14)29-3)19-12-24-20-5-4-15(22)13-25(19)20/h4-5,8-10,12-13,18H,6-7,11H2,1-3H3,(H,23,26). The number of imidazole rings is 1. The number of hydrogen-bond donors (Lipinski definition) is 1. The summed E-state index contributed by atoms with van der Waals surface area (Å²) in [6, 6.07) is 9.23. The summed E-state index contributed by atoms with van der Waals surface area (Å²) in [5.74, 6) is 0.924. The zero-order valence-electron chi connectivity index (χ0n) is 16.6. The predicted molar refractivity (Wildman–Crippen MR) is 111 cm³/mol. The molecule has 0 aliphatic heterocycles. The van der Waals surface area contributed by atoms with Crippen LogP contribution < -0.4 is 14.8 Å². The summed E-state index contributed by atoms with van der Waals surface area (Å²) in [4.78, 5) is 17.1. The monoisotopic (exact) mass is 417 g/mol. The number of halogens is 1. The lowest BCUT2D eigenvalue weighted by atomic mass is 9.91. The number of nitrogens with one attached hydrogen (secondary N) is 1. The van der Waals surface area contributed by atoms with Gasteiger partial charge in [-0.3, -0.25) is 4.79 Å². The number of nitrogens with zero attached hydrogens (tertiary/aromatic N) is 2. The van der Waals surface area contributed by atoms with E-state index in [0.29, 0.717) is 29.7 Å². The van der Waals surface area contributed by atoms with Crippen molar-refractivity contribution in [1.29, 1.82) is 0 Å². The van der Waals surface area contributed by atoms with Crippen molar-refractivity contribution < 1.29 is 19.0 Å². The van der Waals surface area contributed by atoms with Crippen LogP contribution in [0.25, 0.3) is 5.65 Å². The minimum Gasteiger partial charge on any atom is -0.497 e. The largest absolute Gasteiger partial charge is 0.497 e. The first-order chi connectivity index (χ1) is 14.0. The minimum absolute atomic E-state index is 0.0918. The minimum atomic E-state index is -0.282. The van der Waals surface area contributed by atoms with E-state index in [1.807, 2.05) is 22.6 Å². The number of carbonyl (C=O) groups excluding carboxylic acids is 1. The molecule has 2 heterocycles. The maximum atomic E-state index is 12.6. The molecule has 29 heavy (non-hydrogen) atoms. The number of methoxy groups -OCH3 is 3. The number of aromatic nitrogens is 2. The van der Waals surface area contributed by atoms with Crippen molar-refractivity contribution in [2.45, 2.75) is 12.3 Å². The third-order valence-electron chi connectivity index (χ3n) is 4.65. The van der Waals surface area contributed by atoms with Crippen molar-refractivity contribution in [3.8, 4) is 11.5 Å². The van der Waals surface area contributed by atoms with E-state index in [9.17, 15) is 4.79 Å². The molecule has 0 saturated heterocycles. The maximum absolute atomic E-state index is 12.6. The molecule has 3 aromatic rings. The van der Waals surface area contributed by atoms with Crippen molar-refractivity contribution in [3.63, 3.8) is 0 Å². The molecule has 1 amide bonds. The molecule has 0 aliphatic rings. The van der Waals surface area contributed by atoms with Crippen LogP contribution in [0.15, 0.2) is 42.7 Å². The van der Waals surface area contributed by atoms with Crippen molar-refractivity contribution >= 4 is 23.2 Å². The molecule has 1 unspecified atom stereocenters. The normalized spacial score (nSPS) is 12.0. The van der Waals surface area contributed by atoms with Crippen LogP contribution in [0.1, 0.15) is 23.6 Å². The number of amides is 1. The number of hydrogen-bond acceptors (Lipinski definition) is 5. The first-order valence-electron chi connectivity index (χ1n) is 9.16. The third-order valence-corrected chi connectivity index (χ3v) is 4.87. The van der Waals surface area contributed by atoms with Gasteiger partial charge >= 0.3 is 0 Å². The molecule has 1 N–H and O–H groups in total. The molecule has 0 spiro atoms. The Kier molecular flexibility index (Phi) is 6.95. The van der Waals surface area contributed by atoms with Crippen LogP contribution in [0, 0.1) is 0 Å². The Hall–Kier alpha value is -2.77. The fraction of sp³-hybridized carbons (Fsp3) is 0.333. The zero-order valence-corrected chi connectivity index (χ0v) is 17.4. The molecular weight excluding hydrogens is 394 g/mol.